The third-order valence-electron chi connectivity index (χ3n) is 14.3. The number of unbranched alkanes of at least 4 members (excludes halogenated alkanes) is 46. The lowest BCUT2D eigenvalue weighted by Crippen LogP contribution is -2.30. The van der Waals surface area contributed by atoms with Crippen molar-refractivity contribution >= 4 is 11.9 Å². The molecule has 5 heteroatoms. The fourth-order valence-corrected chi connectivity index (χ4v) is 9.63. The number of hydrogen-bond acceptors (Lipinski definition) is 5. The molecule has 0 fully saturated rings. The van der Waals surface area contributed by atoms with Gasteiger partial charge in [0.05, 0.1) is 6.61 Å². The van der Waals surface area contributed by atoms with E-state index in [1.165, 1.54) is 276 Å². The first-order valence-electron chi connectivity index (χ1n) is 31.2. The second-order valence-corrected chi connectivity index (χ2v) is 21.3. The van der Waals surface area contributed by atoms with Gasteiger partial charge in [-0.25, -0.2) is 0 Å². The quantitative estimate of drug-likeness (QED) is 0.0345. The van der Waals surface area contributed by atoms with Gasteiger partial charge in [-0.2, -0.15) is 0 Å². The fraction of sp³-hybridized carbons (Fsp3) is 0.937. The summed E-state index contributed by atoms with van der Waals surface area (Å²) in [6, 6.07) is 0. The Balaban J connectivity index is 4.17. The first-order valence-corrected chi connectivity index (χ1v) is 31.2. The SMILES string of the molecule is CCCCCCCC/C=C\CCCCCCCC(=O)O[C@H](COCCCCCCCCCCCCCCCCCC)COC(=O)CCCCCCCCCCCCCCCCCCCCCCC. The molecule has 0 aliphatic carbocycles. The molecule has 0 aliphatic rings. The zero-order valence-corrected chi connectivity index (χ0v) is 46.7. The summed E-state index contributed by atoms with van der Waals surface area (Å²) in [4.78, 5) is 25.6. The average molecular weight is 960 g/mol. The van der Waals surface area contributed by atoms with Gasteiger partial charge in [-0.15, -0.1) is 0 Å². The summed E-state index contributed by atoms with van der Waals surface area (Å²) in [7, 11) is 0. The second kappa shape index (κ2) is 59.9. The normalized spacial score (nSPS) is 12.1. The molecule has 0 bridgehead atoms. The molecule has 1 atom stereocenters. The Kier molecular flexibility index (Phi) is 58.7. The Morgan fingerprint density at radius 2 is 0.574 bits per heavy atom. The summed E-state index contributed by atoms with van der Waals surface area (Å²) in [5.74, 6) is -0.377. The zero-order valence-electron chi connectivity index (χ0n) is 46.7. The highest BCUT2D eigenvalue weighted by Crippen LogP contribution is 2.18. The molecular formula is C63H122O5. The average Bonchev–Trinajstić information content (AvgIpc) is 3.34. The van der Waals surface area contributed by atoms with Crippen LogP contribution in [0.3, 0.4) is 0 Å². The molecule has 0 aromatic carbocycles. The van der Waals surface area contributed by atoms with Crippen LogP contribution in [0.4, 0.5) is 0 Å². The lowest BCUT2D eigenvalue weighted by Gasteiger charge is -2.18. The minimum atomic E-state index is -0.532. The van der Waals surface area contributed by atoms with Crippen LogP contribution >= 0.6 is 0 Å². The molecule has 0 rings (SSSR count). The van der Waals surface area contributed by atoms with Crippen LogP contribution in [0, 0.1) is 0 Å². The van der Waals surface area contributed by atoms with E-state index in [0.717, 1.165) is 44.9 Å². The molecule has 0 aliphatic heterocycles. The molecule has 0 saturated carbocycles. The number of carbonyl (C=O) groups excluding carboxylic acids is 2. The summed E-state index contributed by atoms with van der Waals surface area (Å²) in [6.45, 7) is 7.91. The van der Waals surface area contributed by atoms with E-state index >= 15 is 0 Å². The number of esters is 2. The molecule has 0 heterocycles. The summed E-state index contributed by atoms with van der Waals surface area (Å²) in [5.41, 5.74) is 0. The van der Waals surface area contributed by atoms with E-state index in [1.807, 2.05) is 0 Å². The minimum absolute atomic E-state index is 0.0924. The summed E-state index contributed by atoms with van der Waals surface area (Å²) >= 11 is 0. The standard InChI is InChI=1S/C63H122O5/c1-4-7-10-13-16-19-22-25-28-30-31-32-33-34-36-38-41-44-47-50-53-56-62(64)67-60-61(59-66-58-55-52-49-46-43-40-37-29-26-23-20-17-14-11-8-5-2)68-63(65)57-54-51-48-45-42-39-35-27-24-21-18-15-12-9-6-3/h27,35,61H,4-26,28-34,36-60H2,1-3H3/b35-27-/t61-/m1/s1. The van der Waals surface area contributed by atoms with Crippen LogP contribution in [0.25, 0.3) is 0 Å². The van der Waals surface area contributed by atoms with Crippen LogP contribution in [0.2, 0.25) is 0 Å². The zero-order chi connectivity index (χ0) is 49.2. The van der Waals surface area contributed by atoms with Crippen molar-refractivity contribution in [3.63, 3.8) is 0 Å². The van der Waals surface area contributed by atoms with Crippen LogP contribution in [-0.2, 0) is 23.8 Å². The van der Waals surface area contributed by atoms with Crippen molar-refractivity contribution in [3.05, 3.63) is 12.2 Å². The number of rotatable bonds is 59. The van der Waals surface area contributed by atoms with Crippen molar-refractivity contribution in [2.75, 3.05) is 19.8 Å². The minimum Gasteiger partial charge on any atom is -0.462 e. The third kappa shape index (κ3) is 57.2. The van der Waals surface area contributed by atoms with E-state index in [0.29, 0.717) is 26.1 Å². The maximum atomic E-state index is 12.9. The highest BCUT2D eigenvalue weighted by atomic mass is 16.6. The van der Waals surface area contributed by atoms with Gasteiger partial charge in [-0.3, -0.25) is 9.59 Å². The van der Waals surface area contributed by atoms with Crippen LogP contribution in [0.15, 0.2) is 12.2 Å². The van der Waals surface area contributed by atoms with E-state index in [9.17, 15) is 9.59 Å². The Morgan fingerprint density at radius 1 is 0.309 bits per heavy atom. The predicted octanol–water partition coefficient (Wildman–Crippen LogP) is 21.4. The number of allylic oxidation sites excluding steroid dienone is 2. The lowest BCUT2D eigenvalue weighted by molar-refractivity contribution is -0.163. The van der Waals surface area contributed by atoms with Gasteiger partial charge in [0.25, 0.3) is 0 Å². The Hall–Kier alpha value is -1.36. The first kappa shape index (κ1) is 66.6. The van der Waals surface area contributed by atoms with Gasteiger partial charge in [0.1, 0.15) is 6.61 Å². The lowest BCUT2D eigenvalue weighted by atomic mass is 10.0. The van der Waals surface area contributed by atoms with Gasteiger partial charge in [-0.05, 0) is 44.9 Å². The van der Waals surface area contributed by atoms with Crippen molar-refractivity contribution in [3.8, 4) is 0 Å². The molecule has 0 N–H and O–H groups in total. The van der Waals surface area contributed by atoms with Crippen molar-refractivity contribution in [2.45, 2.75) is 361 Å². The maximum Gasteiger partial charge on any atom is 0.306 e. The highest BCUT2D eigenvalue weighted by Gasteiger charge is 2.18. The van der Waals surface area contributed by atoms with Crippen molar-refractivity contribution < 1.29 is 23.8 Å². The van der Waals surface area contributed by atoms with Gasteiger partial charge >= 0.3 is 11.9 Å². The second-order valence-electron chi connectivity index (χ2n) is 21.3. The molecule has 0 aromatic rings. The summed E-state index contributed by atoms with van der Waals surface area (Å²) in [6.07, 6.45) is 71.0. The van der Waals surface area contributed by atoms with Gasteiger partial charge < -0.3 is 14.2 Å². The Bertz CT molecular complexity index is 994. The van der Waals surface area contributed by atoms with E-state index in [-0.39, 0.29) is 18.5 Å². The van der Waals surface area contributed by atoms with Crippen LogP contribution in [-0.4, -0.2) is 37.9 Å². The van der Waals surface area contributed by atoms with Gasteiger partial charge in [-0.1, -0.05) is 309 Å². The number of hydrogen-bond donors (Lipinski definition) is 0. The molecular weight excluding hydrogens is 837 g/mol. The molecule has 0 saturated heterocycles. The number of carbonyl (C=O) groups is 2. The molecule has 0 unspecified atom stereocenters. The van der Waals surface area contributed by atoms with E-state index in [4.69, 9.17) is 14.2 Å². The Labute approximate surface area is 426 Å². The Morgan fingerprint density at radius 3 is 0.897 bits per heavy atom. The molecule has 0 amide bonds. The first-order chi connectivity index (χ1) is 33.6. The maximum absolute atomic E-state index is 12.9. The molecule has 68 heavy (non-hydrogen) atoms. The van der Waals surface area contributed by atoms with E-state index < -0.39 is 6.10 Å². The molecule has 0 aromatic heterocycles. The van der Waals surface area contributed by atoms with Crippen LogP contribution < -0.4 is 0 Å². The summed E-state index contributed by atoms with van der Waals surface area (Å²) < 4.78 is 17.5. The smallest absolute Gasteiger partial charge is 0.306 e. The monoisotopic (exact) mass is 959 g/mol. The van der Waals surface area contributed by atoms with Crippen LogP contribution in [0.1, 0.15) is 355 Å². The van der Waals surface area contributed by atoms with E-state index in [1.54, 1.807) is 0 Å². The fourth-order valence-electron chi connectivity index (χ4n) is 9.63. The third-order valence-corrected chi connectivity index (χ3v) is 14.3. The molecule has 404 valence electrons. The summed E-state index contributed by atoms with van der Waals surface area (Å²) in [5, 5.41) is 0. The van der Waals surface area contributed by atoms with Crippen molar-refractivity contribution in [1.29, 1.82) is 0 Å². The predicted molar refractivity (Wildman–Crippen MR) is 298 cm³/mol. The van der Waals surface area contributed by atoms with E-state index in [2.05, 4.69) is 32.9 Å². The highest BCUT2D eigenvalue weighted by molar-refractivity contribution is 5.70. The topological polar surface area (TPSA) is 61.8 Å². The molecule has 0 spiro atoms. The number of ether oxygens (including phenoxy) is 3. The largest absolute Gasteiger partial charge is 0.462 e. The molecule has 5 nitrogen and oxygen atoms in total. The van der Waals surface area contributed by atoms with Crippen molar-refractivity contribution in [2.24, 2.45) is 0 Å². The molecule has 0 radical (unpaired) electrons. The van der Waals surface area contributed by atoms with Gasteiger partial charge in [0.15, 0.2) is 6.10 Å². The van der Waals surface area contributed by atoms with Gasteiger partial charge in [0.2, 0.25) is 0 Å². The van der Waals surface area contributed by atoms with Crippen molar-refractivity contribution in [1.82, 2.24) is 0 Å². The van der Waals surface area contributed by atoms with Crippen LogP contribution in [0.5, 0.6) is 0 Å². The van der Waals surface area contributed by atoms with Gasteiger partial charge in [0, 0.05) is 19.4 Å².